The minimum absolute atomic E-state index is 0.0526. The maximum atomic E-state index is 13.1. The maximum Gasteiger partial charge on any atom is 0.446 e. The number of nitrogens with zero attached hydrogens (tertiary/aromatic N) is 3. The number of rotatable bonds is 6. The number of amides is 1. The summed E-state index contributed by atoms with van der Waals surface area (Å²) >= 11 is -0.289. The van der Waals surface area contributed by atoms with Crippen LogP contribution < -0.4 is 11.0 Å². The number of imidazole rings is 1. The van der Waals surface area contributed by atoms with Crippen LogP contribution in [0.4, 0.5) is 23.2 Å². The van der Waals surface area contributed by atoms with Gasteiger partial charge in [-0.3, -0.25) is 14.3 Å². The second-order valence-electron chi connectivity index (χ2n) is 7.27. The van der Waals surface area contributed by atoms with Crippen LogP contribution in [-0.4, -0.2) is 30.6 Å². The number of alkyl halides is 3. The topological polar surface area (TPSA) is 89.2 Å². The van der Waals surface area contributed by atoms with Crippen LogP contribution >= 0.6 is 11.8 Å². The van der Waals surface area contributed by atoms with Crippen molar-refractivity contribution >= 4 is 23.4 Å². The number of carbonyl (C=O) groups is 1. The number of aromatic nitrogens is 3. The van der Waals surface area contributed by atoms with Crippen molar-refractivity contribution in [2.24, 2.45) is 0 Å². The fourth-order valence-corrected chi connectivity index (χ4v) is 3.82. The van der Waals surface area contributed by atoms with Gasteiger partial charge in [-0.2, -0.15) is 13.2 Å². The van der Waals surface area contributed by atoms with Gasteiger partial charge in [0.25, 0.3) is 5.91 Å². The van der Waals surface area contributed by atoms with Gasteiger partial charge < -0.3 is 10.4 Å². The molecule has 0 aliphatic heterocycles. The van der Waals surface area contributed by atoms with Crippen LogP contribution in [0.2, 0.25) is 0 Å². The number of anilines is 1. The summed E-state index contributed by atoms with van der Waals surface area (Å²) in [4.78, 5) is 29.4. The second-order valence-corrected chi connectivity index (χ2v) is 8.41. The smallest absolute Gasteiger partial charge is 0.446 e. The van der Waals surface area contributed by atoms with Crippen molar-refractivity contribution in [3.05, 3.63) is 101 Å². The van der Waals surface area contributed by atoms with E-state index >= 15 is 0 Å². The number of thioether (sulfide) groups is 1. The van der Waals surface area contributed by atoms with E-state index in [2.05, 4.69) is 10.3 Å². The van der Waals surface area contributed by atoms with E-state index in [4.69, 9.17) is 0 Å². The Hall–Kier alpha value is -4.06. The molecule has 2 heterocycles. The Bertz CT molecular complexity index is 1410. The van der Waals surface area contributed by atoms with Crippen molar-refractivity contribution < 1.29 is 27.5 Å². The third-order valence-corrected chi connectivity index (χ3v) is 5.61. The van der Waals surface area contributed by atoms with Crippen LogP contribution in [0.1, 0.15) is 15.9 Å². The Morgan fingerprint density at radius 3 is 2.40 bits per heavy atom. The number of nitrogens with one attached hydrogen (secondary N) is 1. The Morgan fingerprint density at radius 1 is 1.06 bits per heavy atom. The van der Waals surface area contributed by atoms with Gasteiger partial charge in [0.2, 0.25) is 5.88 Å². The molecule has 7 nitrogen and oxygen atoms in total. The average Bonchev–Trinajstić information content (AvgIpc) is 3.08. The predicted molar refractivity (Wildman–Crippen MR) is 121 cm³/mol. The third kappa shape index (κ3) is 5.72. The molecule has 0 spiro atoms. The molecule has 4 aromatic rings. The number of benzene rings is 2. The predicted octanol–water partition coefficient (Wildman–Crippen LogP) is 4.79. The first kappa shape index (κ1) is 24.1. The van der Waals surface area contributed by atoms with Gasteiger partial charge in [0.05, 0.1) is 30.3 Å². The molecule has 0 saturated carbocycles. The van der Waals surface area contributed by atoms with Crippen molar-refractivity contribution in [2.75, 3.05) is 5.32 Å². The molecule has 1 amide bonds. The van der Waals surface area contributed by atoms with Gasteiger partial charge in [0.1, 0.15) is 5.82 Å². The fraction of sp³-hybridized carbons (Fsp3) is 0.0870. The zero-order chi connectivity index (χ0) is 25.2. The maximum absolute atomic E-state index is 13.1. The van der Waals surface area contributed by atoms with Crippen molar-refractivity contribution in [1.29, 1.82) is 0 Å². The van der Waals surface area contributed by atoms with Gasteiger partial charge in [-0.1, -0.05) is 0 Å². The molecular formula is C23H16F4N4O3S. The zero-order valence-corrected chi connectivity index (χ0v) is 18.5. The number of aromatic hydroxyl groups is 1. The molecule has 0 aliphatic carbocycles. The Kier molecular flexibility index (Phi) is 6.65. The average molecular weight is 504 g/mol. The monoisotopic (exact) mass is 504 g/mol. The summed E-state index contributed by atoms with van der Waals surface area (Å²) in [6.07, 6.45) is 4.02. The van der Waals surface area contributed by atoms with E-state index in [1.54, 1.807) is 6.07 Å². The summed E-state index contributed by atoms with van der Waals surface area (Å²) < 4.78 is 52.9. The molecule has 35 heavy (non-hydrogen) atoms. The Balaban J connectivity index is 1.57. The minimum Gasteiger partial charge on any atom is -0.493 e. The highest BCUT2D eigenvalue weighted by atomic mass is 32.2. The molecule has 4 rings (SSSR count). The van der Waals surface area contributed by atoms with E-state index < -0.39 is 28.8 Å². The summed E-state index contributed by atoms with van der Waals surface area (Å²) in [5.74, 6) is -1.41. The van der Waals surface area contributed by atoms with Gasteiger partial charge in [0, 0.05) is 16.7 Å². The second kappa shape index (κ2) is 9.66. The van der Waals surface area contributed by atoms with Crippen LogP contribution in [0.25, 0.3) is 5.69 Å². The molecule has 0 saturated heterocycles. The van der Waals surface area contributed by atoms with Gasteiger partial charge in [-0.05, 0) is 71.9 Å². The molecule has 0 atom stereocenters. The molecule has 0 fully saturated rings. The molecule has 2 aromatic carbocycles. The highest BCUT2D eigenvalue weighted by Crippen LogP contribution is 2.37. The molecule has 2 N–H and O–H groups in total. The first-order chi connectivity index (χ1) is 16.6. The lowest BCUT2D eigenvalue weighted by Gasteiger charge is -2.11. The van der Waals surface area contributed by atoms with Crippen molar-refractivity contribution in [1.82, 2.24) is 14.1 Å². The molecule has 0 radical (unpaired) electrons. The lowest BCUT2D eigenvalue weighted by Crippen LogP contribution is -2.24. The van der Waals surface area contributed by atoms with Gasteiger partial charge >= 0.3 is 11.2 Å². The van der Waals surface area contributed by atoms with Gasteiger partial charge in [-0.25, -0.2) is 13.8 Å². The van der Waals surface area contributed by atoms with E-state index in [1.165, 1.54) is 59.6 Å². The van der Waals surface area contributed by atoms with Crippen molar-refractivity contribution in [2.45, 2.75) is 16.9 Å². The normalized spacial score (nSPS) is 11.4. The highest BCUT2D eigenvalue weighted by molar-refractivity contribution is 8.00. The molecule has 0 bridgehead atoms. The summed E-state index contributed by atoms with van der Waals surface area (Å²) in [5, 5.41) is 13.0. The summed E-state index contributed by atoms with van der Waals surface area (Å²) in [5.41, 5.74) is -3.91. The summed E-state index contributed by atoms with van der Waals surface area (Å²) in [6.45, 7) is -0.0526. The number of pyridine rings is 1. The largest absolute Gasteiger partial charge is 0.493 e. The molecule has 0 aliphatic rings. The van der Waals surface area contributed by atoms with Crippen molar-refractivity contribution in [3.63, 3.8) is 0 Å². The van der Waals surface area contributed by atoms with E-state index in [1.807, 2.05) is 0 Å². The lowest BCUT2D eigenvalue weighted by atomic mass is 10.2. The van der Waals surface area contributed by atoms with Gasteiger partial charge in [0.15, 0.2) is 0 Å². The van der Waals surface area contributed by atoms with Crippen LogP contribution in [-0.2, 0) is 6.54 Å². The van der Waals surface area contributed by atoms with Crippen molar-refractivity contribution in [3.8, 4) is 11.6 Å². The van der Waals surface area contributed by atoms with Crippen LogP contribution in [0.15, 0.2) is 82.9 Å². The number of hydrogen-bond donors (Lipinski definition) is 2. The Labute approximate surface area is 199 Å². The summed E-state index contributed by atoms with van der Waals surface area (Å²) in [7, 11) is 0. The van der Waals surface area contributed by atoms with E-state index in [9.17, 15) is 32.3 Å². The SMILES string of the molecule is O=C(Nc1cnccc1Cn1cc(O)n(-c2ccc(SC(F)(F)F)cc2)c1=O)c1ccc(F)cc1. The van der Waals surface area contributed by atoms with Crippen LogP contribution in [0.5, 0.6) is 5.88 Å². The first-order valence-corrected chi connectivity index (χ1v) is 10.8. The third-order valence-electron chi connectivity index (χ3n) is 4.87. The summed E-state index contributed by atoms with van der Waals surface area (Å²) in [6, 6.07) is 11.5. The first-order valence-electron chi connectivity index (χ1n) is 9.98. The standard InChI is InChI=1S/C23H16F4N4O3S/c24-16-3-1-14(2-4-16)21(33)29-19-11-28-10-9-15(19)12-30-13-20(32)31(22(30)34)17-5-7-18(8-6-17)35-23(25,26)27/h1-11,13,32H,12H2,(H,29,33). The molecule has 0 unspecified atom stereocenters. The van der Waals surface area contributed by atoms with Gasteiger partial charge in [-0.15, -0.1) is 0 Å². The minimum atomic E-state index is -4.45. The Morgan fingerprint density at radius 2 is 1.74 bits per heavy atom. The number of hydrogen-bond acceptors (Lipinski definition) is 5. The molecule has 2 aromatic heterocycles. The number of carbonyl (C=O) groups excluding carboxylic acids is 1. The van der Waals surface area contributed by atoms with E-state index in [-0.39, 0.29) is 34.5 Å². The van der Waals surface area contributed by atoms with E-state index in [0.717, 1.165) is 16.7 Å². The van der Waals surface area contributed by atoms with Crippen LogP contribution in [0.3, 0.4) is 0 Å². The quantitative estimate of drug-likeness (QED) is 0.291. The lowest BCUT2D eigenvalue weighted by molar-refractivity contribution is -0.0328. The fourth-order valence-electron chi connectivity index (χ4n) is 3.28. The zero-order valence-electron chi connectivity index (χ0n) is 17.7. The molecular weight excluding hydrogens is 488 g/mol. The molecule has 12 heteroatoms. The highest BCUT2D eigenvalue weighted by Gasteiger charge is 2.29. The molecule has 180 valence electrons. The number of halogens is 4. The van der Waals surface area contributed by atoms with Crippen LogP contribution in [0, 0.1) is 5.82 Å². The van der Waals surface area contributed by atoms with E-state index in [0.29, 0.717) is 11.3 Å².